The lowest BCUT2D eigenvalue weighted by molar-refractivity contribution is -0.384. The second kappa shape index (κ2) is 6.18. The van der Waals surface area contributed by atoms with Crippen LogP contribution in [0.5, 0.6) is 0 Å². The molecule has 0 aliphatic rings. The summed E-state index contributed by atoms with van der Waals surface area (Å²) in [6, 6.07) is 12.8. The van der Waals surface area contributed by atoms with Crippen LogP contribution in [0.1, 0.15) is 10.4 Å². The molecule has 0 atom stereocenters. The second-order valence-corrected chi connectivity index (χ2v) is 6.35. The third-order valence-corrected chi connectivity index (χ3v) is 4.90. The predicted octanol–water partition coefficient (Wildman–Crippen LogP) is 5.98. The molecule has 0 N–H and O–H groups in total. The maximum Gasteiger partial charge on any atom is 0.277 e. The van der Waals surface area contributed by atoms with Crippen molar-refractivity contribution < 1.29 is 4.92 Å². The second-order valence-electron chi connectivity index (χ2n) is 5.12. The molecule has 3 rings (SSSR count). The number of hydrogen-bond donors (Lipinski definition) is 0. The van der Waals surface area contributed by atoms with Gasteiger partial charge in [-0.05, 0) is 18.6 Å². The highest BCUT2D eigenvalue weighted by molar-refractivity contribution is 7.20. The van der Waals surface area contributed by atoms with E-state index in [-0.39, 0.29) is 10.6 Å². The first-order chi connectivity index (χ1) is 11.1. The fraction of sp³-hybridized carbons (Fsp3) is 0.0526. The molecule has 0 fully saturated rings. The van der Waals surface area contributed by atoms with E-state index in [9.17, 15) is 10.1 Å². The summed E-state index contributed by atoms with van der Waals surface area (Å²) in [5, 5.41) is 12.4. The van der Waals surface area contributed by atoms with Gasteiger partial charge in [0.25, 0.3) is 5.69 Å². The Balaban J connectivity index is 2.31. The van der Waals surface area contributed by atoms with E-state index in [0.717, 1.165) is 21.2 Å². The maximum atomic E-state index is 11.3. The summed E-state index contributed by atoms with van der Waals surface area (Å²) in [6.07, 6.45) is 5.69. The van der Waals surface area contributed by atoms with Crippen LogP contribution in [0.25, 0.3) is 27.3 Å². The molecule has 0 aliphatic heterocycles. The van der Waals surface area contributed by atoms with E-state index in [4.69, 9.17) is 0 Å². The topological polar surface area (TPSA) is 43.1 Å². The molecule has 0 saturated heterocycles. The van der Waals surface area contributed by atoms with Gasteiger partial charge < -0.3 is 0 Å². The Labute approximate surface area is 138 Å². The zero-order valence-corrected chi connectivity index (χ0v) is 13.5. The lowest BCUT2D eigenvalue weighted by Gasteiger charge is -2.04. The number of aryl methyl sites for hydroxylation is 1. The number of benzene rings is 2. The van der Waals surface area contributed by atoms with Crippen molar-refractivity contribution in [2.24, 2.45) is 0 Å². The van der Waals surface area contributed by atoms with E-state index in [1.807, 2.05) is 30.4 Å². The van der Waals surface area contributed by atoms with E-state index in [0.29, 0.717) is 5.56 Å². The Bertz CT molecular complexity index is 938. The van der Waals surface area contributed by atoms with Gasteiger partial charge in [0.05, 0.1) is 10.5 Å². The molecule has 0 bridgehead atoms. The molecule has 114 valence electrons. The molecule has 2 aromatic carbocycles. The largest absolute Gasteiger partial charge is 0.277 e. The molecular weight excluding hydrogens is 306 g/mol. The van der Waals surface area contributed by atoms with E-state index >= 15 is 0 Å². The van der Waals surface area contributed by atoms with Crippen LogP contribution < -0.4 is 0 Å². The Kier molecular flexibility index (Phi) is 4.08. The molecular formula is C19H15NO2S. The van der Waals surface area contributed by atoms with Gasteiger partial charge in [-0.1, -0.05) is 55.1 Å². The molecule has 0 aliphatic carbocycles. The van der Waals surface area contributed by atoms with Crippen molar-refractivity contribution in [3.63, 3.8) is 0 Å². The van der Waals surface area contributed by atoms with Crippen LogP contribution in [0.4, 0.5) is 5.69 Å². The van der Waals surface area contributed by atoms with Gasteiger partial charge in [0.2, 0.25) is 0 Å². The Morgan fingerprint density at radius 2 is 1.87 bits per heavy atom. The first kappa shape index (κ1) is 15.2. The minimum atomic E-state index is -0.326. The molecule has 3 nitrogen and oxygen atoms in total. The number of thiophene rings is 1. The monoisotopic (exact) mass is 321 g/mol. The van der Waals surface area contributed by atoms with E-state index in [1.165, 1.54) is 4.88 Å². The number of allylic oxidation sites excluding steroid dienone is 2. The van der Waals surface area contributed by atoms with Crippen molar-refractivity contribution in [3.8, 4) is 11.1 Å². The minimum absolute atomic E-state index is 0.134. The summed E-state index contributed by atoms with van der Waals surface area (Å²) in [4.78, 5) is 12.2. The van der Waals surface area contributed by atoms with Crippen LogP contribution in [0.2, 0.25) is 0 Å². The van der Waals surface area contributed by atoms with E-state index in [2.05, 4.69) is 19.6 Å². The van der Waals surface area contributed by atoms with Crippen LogP contribution in [0.15, 0.2) is 61.2 Å². The molecule has 0 radical (unpaired) electrons. The molecule has 23 heavy (non-hydrogen) atoms. The van der Waals surface area contributed by atoms with Crippen LogP contribution in [-0.4, -0.2) is 4.92 Å². The minimum Gasteiger partial charge on any atom is -0.258 e. The highest BCUT2D eigenvalue weighted by Crippen LogP contribution is 2.41. The fourth-order valence-corrected chi connectivity index (χ4v) is 3.87. The average molecular weight is 321 g/mol. The number of nitro benzene ring substituents is 1. The third-order valence-electron chi connectivity index (χ3n) is 3.73. The molecule has 3 aromatic rings. The standard InChI is InChI=1S/C19H15NO2S/c1-3-4-8-14-13(2)23-19-16(14)10-7-11-17(19)15-9-5-6-12-18(15)20(21)22/h3-12H,1H2,2H3/b8-4-. The summed E-state index contributed by atoms with van der Waals surface area (Å²) >= 11 is 1.66. The zero-order valence-electron chi connectivity index (χ0n) is 12.7. The molecule has 4 heteroatoms. The van der Waals surface area contributed by atoms with Crippen LogP contribution in [-0.2, 0) is 0 Å². The number of para-hydroxylation sites is 1. The van der Waals surface area contributed by atoms with Crippen molar-refractivity contribution in [2.45, 2.75) is 6.92 Å². The normalized spacial score (nSPS) is 11.2. The quantitative estimate of drug-likeness (QED) is 0.337. The number of rotatable bonds is 4. The summed E-state index contributed by atoms with van der Waals surface area (Å²) < 4.78 is 1.07. The number of fused-ring (bicyclic) bond motifs is 1. The van der Waals surface area contributed by atoms with Gasteiger partial charge in [-0.3, -0.25) is 10.1 Å². The van der Waals surface area contributed by atoms with Gasteiger partial charge in [0, 0.05) is 26.6 Å². The highest BCUT2D eigenvalue weighted by atomic mass is 32.1. The number of hydrogen-bond acceptors (Lipinski definition) is 3. The summed E-state index contributed by atoms with van der Waals surface area (Å²) in [6.45, 7) is 5.77. The molecule has 1 heterocycles. The fourth-order valence-electron chi connectivity index (χ4n) is 2.70. The Morgan fingerprint density at radius 3 is 2.61 bits per heavy atom. The van der Waals surface area contributed by atoms with Gasteiger partial charge in [0.1, 0.15) is 0 Å². The summed E-state index contributed by atoms with van der Waals surface area (Å²) in [5.41, 5.74) is 2.84. The SMILES string of the molecule is C=C/C=C\c1c(C)sc2c(-c3ccccc3[N+](=O)[O-])cccc12. The third kappa shape index (κ3) is 2.69. The Morgan fingerprint density at radius 1 is 1.13 bits per heavy atom. The summed E-state index contributed by atoms with van der Waals surface area (Å²) in [5.74, 6) is 0. The van der Waals surface area contributed by atoms with E-state index < -0.39 is 0 Å². The van der Waals surface area contributed by atoms with Gasteiger partial charge in [-0.15, -0.1) is 11.3 Å². The lowest BCUT2D eigenvalue weighted by atomic mass is 10.0. The van der Waals surface area contributed by atoms with Crippen molar-refractivity contribution >= 4 is 33.2 Å². The van der Waals surface area contributed by atoms with Crippen molar-refractivity contribution in [2.75, 3.05) is 0 Å². The van der Waals surface area contributed by atoms with Gasteiger partial charge in [0.15, 0.2) is 0 Å². The average Bonchev–Trinajstić information content (AvgIpc) is 2.88. The maximum absolute atomic E-state index is 11.3. The number of nitrogens with zero attached hydrogens (tertiary/aromatic N) is 1. The van der Waals surface area contributed by atoms with E-state index in [1.54, 1.807) is 35.6 Å². The summed E-state index contributed by atoms with van der Waals surface area (Å²) in [7, 11) is 0. The van der Waals surface area contributed by atoms with Gasteiger partial charge in [-0.25, -0.2) is 0 Å². The van der Waals surface area contributed by atoms with Crippen molar-refractivity contribution in [1.82, 2.24) is 0 Å². The highest BCUT2D eigenvalue weighted by Gasteiger charge is 2.18. The molecule has 0 saturated carbocycles. The first-order valence-electron chi connectivity index (χ1n) is 7.18. The molecule has 0 unspecified atom stereocenters. The Hall–Kier alpha value is -2.72. The van der Waals surface area contributed by atoms with Gasteiger partial charge >= 0.3 is 0 Å². The predicted molar refractivity (Wildman–Crippen MR) is 97.9 cm³/mol. The van der Waals surface area contributed by atoms with Crippen molar-refractivity contribution in [3.05, 3.63) is 81.8 Å². The van der Waals surface area contributed by atoms with Crippen molar-refractivity contribution in [1.29, 1.82) is 0 Å². The smallest absolute Gasteiger partial charge is 0.258 e. The van der Waals surface area contributed by atoms with Crippen LogP contribution >= 0.6 is 11.3 Å². The first-order valence-corrected chi connectivity index (χ1v) is 8.00. The van der Waals surface area contributed by atoms with Crippen LogP contribution in [0, 0.1) is 17.0 Å². The van der Waals surface area contributed by atoms with Gasteiger partial charge in [-0.2, -0.15) is 0 Å². The molecule has 1 aromatic heterocycles. The molecule has 0 spiro atoms. The molecule has 0 amide bonds. The van der Waals surface area contributed by atoms with Crippen LogP contribution in [0.3, 0.4) is 0 Å². The lowest BCUT2D eigenvalue weighted by Crippen LogP contribution is -1.91. The number of nitro groups is 1. The zero-order chi connectivity index (χ0) is 16.4.